The second-order valence-electron chi connectivity index (χ2n) is 3.30. The lowest BCUT2D eigenvalue weighted by Crippen LogP contribution is -1.95. The van der Waals surface area contributed by atoms with Crippen molar-refractivity contribution in [1.82, 2.24) is 4.98 Å². The Labute approximate surface area is 108 Å². The van der Waals surface area contributed by atoms with Gasteiger partial charge >= 0.3 is 0 Å². The molecule has 4 heteroatoms. The molecule has 0 fully saturated rings. The molecule has 2 rings (SSSR count). The summed E-state index contributed by atoms with van der Waals surface area (Å²) in [5.41, 5.74) is 0.621. The Hall–Kier alpha value is -1.39. The number of ketones is 1. The minimum atomic E-state index is -0.00384. The predicted octanol–water partition coefficient (Wildman–Crippen LogP) is 3.73. The highest BCUT2D eigenvalue weighted by Gasteiger charge is 2.07. The topological polar surface area (TPSA) is 30.0 Å². The van der Waals surface area contributed by atoms with Crippen molar-refractivity contribution in [1.29, 1.82) is 0 Å². The van der Waals surface area contributed by atoms with Gasteiger partial charge in [0.2, 0.25) is 0 Å². The van der Waals surface area contributed by atoms with Crippen molar-refractivity contribution in [3.63, 3.8) is 0 Å². The molecule has 0 N–H and O–H groups in total. The predicted molar refractivity (Wildman–Crippen MR) is 74.4 cm³/mol. The molecule has 17 heavy (non-hydrogen) atoms. The number of nitrogens with zero attached hydrogens (tertiary/aromatic N) is 1. The fraction of sp³-hybridized carbons (Fsp3) is 0.0769. The Kier molecular flexibility index (Phi) is 4.12. The first-order valence-electron chi connectivity index (χ1n) is 5.05. The van der Waals surface area contributed by atoms with Crippen LogP contribution in [-0.2, 0) is 0 Å². The smallest absolute Gasteiger partial charge is 0.188 e. The van der Waals surface area contributed by atoms with E-state index in [-0.39, 0.29) is 5.78 Å². The average Bonchev–Trinajstić information content (AvgIpc) is 2.90. The summed E-state index contributed by atoms with van der Waals surface area (Å²) in [4.78, 5) is 18.0. The van der Waals surface area contributed by atoms with Crippen LogP contribution in [0.3, 0.4) is 0 Å². The number of allylic oxidation sites excluding steroid dienone is 1. The van der Waals surface area contributed by atoms with E-state index in [1.807, 2.05) is 23.8 Å². The normalized spacial score (nSPS) is 11.5. The lowest BCUT2D eigenvalue weighted by atomic mass is 10.2. The summed E-state index contributed by atoms with van der Waals surface area (Å²) in [5.74, 6) is -0.00384. The summed E-state index contributed by atoms with van der Waals surface area (Å²) in [6.45, 7) is 0. The van der Waals surface area contributed by atoms with Gasteiger partial charge in [0.15, 0.2) is 5.78 Å². The highest BCUT2D eigenvalue weighted by Crippen LogP contribution is 2.29. The summed E-state index contributed by atoms with van der Waals surface area (Å²) in [5, 5.41) is 2.01. The van der Waals surface area contributed by atoms with Gasteiger partial charge < -0.3 is 0 Å². The second-order valence-corrected chi connectivity index (χ2v) is 5.09. The van der Waals surface area contributed by atoms with Crippen molar-refractivity contribution in [2.45, 2.75) is 0 Å². The first kappa shape index (κ1) is 12.1. The number of thioether (sulfide) groups is 1. The lowest BCUT2D eigenvalue weighted by Gasteiger charge is -2.00. The van der Waals surface area contributed by atoms with Gasteiger partial charge in [0, 0.05) is 33.8 Å². The number of hydrogen-bond acceptors (Lipinski definition) is 4. The van der Waals surface area contributed by atoms with Crippen molar-refractivity contribution in [2.75, 3.05) is 6.26 Å². The molecule has 0 saturated carbocycles. The van der Waals surface area contributed by atoms with Crippen LogP contribution in [0.1, 0.15) is 15.2 Å². The first-order chi connectivity index (χ1) is 8.31. The zero-order valence-corrected chi connectivity index (χ0v) is 10.9. The Morgan fingerprint density at radius 3 is 2.88 bits per heavy atom. The molecule has 0 radical (unpaired) electrons. The Morgan fingerprint density at radius 1 is 1.41 bits per heavy atom. The zero-order chi connectivity index (χ0) is 12.1. The molecule has 2 aromatic rings. The molecule has 0 spiro atoms. The fourth-order valence-electron chi connectivity index (χ4n) is 1.36. The molecule has 0 aliphatic rings. The molecular formula is C13H11NOS2. The number of carbonyl (C=O) groups excluding carboxylic acids is 1. The zero-order valence-electron chi connectivity index (χ0n) is 9.29. The van der Waals surface area contributed by atoms with Gasteiger partial charge in [-0.05, 0) is 29.8 Å². The van der Waals surface area contributed by atoms with E-state index in [0.29, 0.717) is 5.56 Å². The monoisotopic (exact) mass is 261 g/mol. The molecule has 0 bridgehead atoms. The van der Waals surface area contributed by atoms with E-state index < -0.39 is 0 Å². The molecule has 2 nitrogen and oxygen atoms in total. The average molecular weight is 261 g/mol. The van der Waals surface area contributed by atoms with Crippen LogP contribution in [0.2, 0.25) is 0 Å². The molecule has 0 atom stereocenters. The molecule has 86 valence electrons. The van der Waals surface area contributed by atoms with Crippen LogP contribution < -0.4 is 0 Å². The quantitative estimate of drug-likeness (QED) is 0.620. The maximum atomic E-state index is 12.0. The van der Waals surface area contributed by atoms with E-state index >= 15 is 0 Å². The van der Waals surface area contributed by atoms with Gasteiger partial charge in [-0.2, -0.15) is 0 Å². The number of rotatable bonds is 4. The van der Waals surface area contributed by atoms with Crippen LogP contribution in [0.25, 0.3) is 4.91 Å². The molecule has 0 aromatic carbocycles. The minimum absolute atomic E-state index is 0.00384. The van der Waals surface area contributed by atoms with E-state index in [2.05, 4.69) is 4.98 Å². The van der Waals surface area contributed by atoms with E-state index in [1.165, 1.54) is 0 Å². The van der Waals surface area contributed by atoms with E-state index in [9.17, 15) is 4.79 Å². The number of hydrogen-bond donors (Lipinski definition) is 0. The molecule has 0 amide bonds. The van der Waals surface area contributed by atoms with E-state index in [0.717, 1.165) is 9.78 Å². The summed E-state index contributed by atoms with van der Waals surface area (Å²) in [7, 11) is 0. The Balaban J connectivity index is 2.26. The van der Waals surface area contributed by atoms with Crippen LogP contribution in [0.5, 0.6) is 0 Å². The van der Waals surface area contributed by atoms with Crippen LogP contribution in [0, 0.1) is 0 Å². The van der Waals surface area contributed by atoms with Crippen LogP contribution in [-0.4, -0.2) is 17.0 Å². The molecule has 2 heterocycles. The van der Waals surface area contributed by atoms with Gasteiger partial charge in [-0.25, -0.2) is 0 Å². The molecule has 2 aromatic heterocycles. The molecular weight excluding hydrogens is 250 g/mol. The van der Waals surface area contributed by atoms with Crippen molar-refractivity contribution >= 4 is 33.8 Å². The van der Waals surface area contributed by atoms with Crippen molar-refractivity contribution in [2.24, 2.45) is 0 Å². The maximum Gasteiger partial charge on any atom is 0.188 e. The molecule has 0 unspecified atom stereocenters. The van der Waals surface area contributed by atoms with Crippen LogP contribution in [0.4, 0.5) is 0 Å². The van der Waals surface area contributed by atoms with Crippen LogP contribution in [0.15, 0.2) is 48.1 Å². The van der Waals surface area contributed by atoms with E-state index in [1.54, 1.807) is 53.7 Å². The third-order valence-corrected chi connectivity index (χ3v) is 4.00. The minimum Gasteiger partial charge on any atom is -0.289 e. The maximum absolute atomic E-state index is 12.0. The summed E-state index contributed by atoms with van der Waals surface area (Å²) < 4.78 is 0. The van der Waals surface area contributed by atoms with Gasteiger partial charge in [0.25, 0.3) is 0 Å². The van der Waals surface area contributed by atoms with Crippen LogP contribution >= 0.6 is 23.1 Å². The van der Waals surface area contributed by atoms with Gasteiger partial charge in [-0.15, -0.1) is 23.1 Å². The SMILES string of the molecule is CS/C(=C\C(=O)c1cccnc1)c1cccs1. The molecule has 0 aliphatic heterocycles. The second kappa shape index (κ2) is 5.80. The largest absolute Gasteiger partial charge is 0.289 e. The fourth-order valence-corrected chi connectivity index (χ4v) is 2.88. The van der Waals surface area contributed by atoms with Gasteiger partial charge in [0.1, 0.15) is 0 Å². The summed E-state index contributed by atoms with van der Waals surface area (Å²) in [6, 6.07) is 7.55. The lowest BCUT2D eigenvalue weighted by molar-refractivity contribution is 0.104. The summed E-state index contributed by atoms with van der Waals surface area (Å²) in [6.07, 6.45) is 6.90. The van der Waals surface area contributed by atoms with Gasteiger partial charge in [-0.3, -0.25) is 9.78 Å². The highest BCUT2D eigenvalue weighted by atomic mass is 32.2. The standard InChI is InChI=1S/C13H11NOS2/c1-16-13(12-5-3-7-17-12)8-11(15)10-4-2-6-14-9-10/h2-9H,1H3/b13-8-. The highest BCUT2D eigenvalue weighted by molar-refractivity contribution is 8.07. The van der Waals surface area contributed by atoms with Gasteiger partial charge in [0.05, 0.1) is 0 Å². The molecule has 0 aliphatic carbocycles. The third kappa shape index (κ3) is 3.05. The third-order valence-electron chi connectivity index (χ3n) is 2.19. The summed E-state index contributed by atoms with van der Waals surface area (Å²) >= 11 is 3.22. The number of carbonyl (C=O) groups is 1. The number of pyridine rings is 1. The molecule has 0 saturated heterocycles. The number of thiophene rings is 1. The van der Waals surface area contributed by atoms with E-state index in [4.69, 9.17) is 0 Å². The van der Waals surface area contributed by atoms with Crippen molar-refractivity contribution < 1.29 is 4.79 Å². The van der Waals surface area contributed by atoms with Crippen molar-refractivity contribution in [3.05, 3.63) is 58.6 Å². The van der Waals surface area contributed by atoms with Crippen molar-refractivity contribution in [3.8, 4) is 0 Å². The van der Waals surface area contributed by atoms with Gasteiger partial charge in [-0.1, -0.05) is 6.07 Å². The number of aromatic nitrogens is 1. The first-order valence-corrected chi connectivity index (χ1v) is 7.15. The Morgan fingerprint density at radius 2 is 2.29 bits per heavy atom. The Bertz CT molecular complexity index is 518.